The quantitative estimate of drug-likeness (QED) is 0.246. The lowest BCUT2D eigenvalue weighted by atomic mass is 10.0. The van der Waals surface area contributed by atoms with Crippen LogP contribution in [0, 0.1) is 0 Å². The Balaban J connectivity index is 1.90. The van der Waals surface area contributed by atoms with Crippen molar-refractivity contribution in [3.05, 3.63) is 57.6 Å². The van der Waals surface area contributed by atoms with Gasteiger partial charge < -0.3 is 14.8 Å². The molecule has 1 aromatic rings. The fourth-order valence-electron chi connectivity index (χ4n) is 2.98. The SMILES string of the molecule is CC(=O)OCC1=C(C(=O)OCI)N2C(=O)C(NC(=O)c3ccccc3)[C@@H]2SC1=CCl. The first-order chi connectivity index (χ1) is 14.4. The third-order valence-electron chi connectivity index (χ3n) is 4.34. The van der Waals surface area contributed by atoms with Gasteiger partial charge in [-0.25, -0.2) is 4.79 Å². The number of hydrogen-bond donors (Lipinski definition) is 1. The Kier molecular flexibility index (Phi) is 7.42. The van der Waals surface area contributed by atoms with Crippen LogP contribution in [0.5, 0.6) is 0 Å². The second-order valence-electron chi connectivity index (χ2n) is 6.16. The van der Waals surface area contributed by atoms with Crippen LogP contribution in [0.1, 0.15) is 17.3 Å². The lowest BCUT2D eigenvalue weighted by Gasteiger charge is -2.50. The lowest BCUT2D eigenvalue weighted by molar-refractivity contribution is -0.150. The average molecular weight is 563 g/mol. The number of amides is 2. The van der Waals surface area contributed by atoms with Crippen molar-refractivity contribution in [1.29, 1.82) is 0 Å². The van der Waals surface area contributed by atoms with E-state index < -0.39 is 35.2 Å². The number of nitrogens with zero attached hydrogens (tertiary/aromatic N) is 1. The Hall–Kier alpha value is -2.05. The van der Waals surface area contributed by atoms with Gasteiger partial charge in [-0.15, -0.1) is 0 Å². The Morgan fingerprint density at radius 2 is 1.97 bits per heavy atom. The molecule has 2 aliphatic heterocycles. The van der Waals surface area contributed by atoms with Gasteiger partial charge in [0, 0.05) is 28.5 Å². The average Bonchev–Trinajstić information content (AvgIpc) is 2.75. The minimum Gasteiger partial charge on any atom is -0.461 e. The van der Waals surface area contributed by atoms with Crippen LogP contribution in [0.3, 0.4) is 0 Å². The van der Waals surface area contributed by atoms with Crippen LogP contribution in [0.4, 0.5) is 0 Å². The van der Waals surface area contributed by atoms with Gasteiger partial charge in [0.15, 0.2) is 0 Å². The maximum Gasteiger partial charge on any atom is 0.356 e. The van der Waals surface area contributed by atoms with Crippen molar-refractivity contribution in [3.63, 3.8) is 0 Å². The molecule has 0 saturated carbocycles. The first-order valence-corrected chi connectivity index (χ1v) is 11.5. The molecule has 30 heavy (non-hydrogen) atoms. The van der Waals surface area contributed by atoms with Crippen LogP contribution in [0.2, 0.25) is 0 Å². The number of β-lactam (4-membered cyclic amide) rings is 1. The van der Waals surface area contributed by atoms with Crippen LogP contribution in [-0.2, 0) is 23.9 Å². The molecule has 2 amide bonds. The normalized spacial score (nSPS) is 21.6. The first-order valence-electron chi connectivity index (χ1n) is 8.65. The number of carbonyl (C=O) groups is 4. The molecule has 0 aromatic heterocycles. The standard InChI is InChI=1S/C19H16ClIN2O6S/c1-10(24)28-8-12-13(7-20)30-18-14(22-16(25)11-5-3-2-4-6-11)17(26)23(18)15(12)19(27)29-9-21/h2-7,14,18H,8-9H2,1H3,(H,22,25)/t14?,18-/m0/s1. The molecule has 3 rings (SSSR count). The maximum atomic E-state index is 12.9. The van der Waals surface area contributed by atoms with Crippen LogP contribution in [0.15, 0.2) is 52.0 Å². The molecule has 1 saturated heterocycles. The summed E-state index contributed by atoms with van der Waals surface area (Å²) in [5.74, 6) is -2.16. The maximum absolute atomic E-state index is 12.9. The Morgan fingerprint density at radius 3 is 2.57 bits per heavy atom. The van der Waals surface area contributed by atoms with Crippen molar-refractivity contribution in [2.24, 2.45) is 0 Å². The molecule has 2 atom stereocenters. The number of halogens is 2. The second kappa shape index (κ2) is 9.84. The van der Waals surface area contributed by atoms with Gasteiger partial charge in [0.1, 0.15) is 28.3 Å². The highest BCUT2D eigenvalue weighted by Crippen LogP contribution is 2.47. The highest BCUT2D eigenvalue weighted by Gasteiger charge is 2.55. The summed E-state index contributed by atoms with van der Waals surface area (Å²) in [5.41, 5.74) is 1.89. The summed E-state index contributed by atoms with van der Waals surface area (Å²) >= 11 is 9.01. The van der Waals surface area contributed by atoms with Gasteiger partial charge in [0.2, 0.25) is 0 Å². The summed E-state index contributed by atoms with van der Waals surface area (Å²) < 4.78 is 10.2. The molecule has 8 nitrogen and oxygen atoms in total. The van der Waals surface area contributed by atoms with Crippen LogP contribution < -0.4 is 5.32 Å². The van der Waals surface area contributed by atoms with Gasteiger partial charge in [0.25, 0.3) is 11.8 Å². The number of hydrogen-bond acceptors (Lipinski definition) is 7. The van der Waals surface area contributed by atoms with Gasteiger partial charge in [-0.05, 0) is 34.7 Å². The van der Waals surface area contributed by atoms with Crippen molar-refractivity contribution in [2.45, 2.75) is 18.3 Å². The van der Waals surface area contributed by atoms with E-state index in [2.05, 4.69) is 5.32 Å². The van der Waals surface area contributed by atoms with E-state index >= 15 is 0 Å². The van der Waals surface area contributed by atoms with Gasteiger partial charge >= 0.3 is 11.9 Å². The fourth-order valence-corrected chi connectivity index (χ4v) is 4.79. The number of thioether (sulfide) groups is 1. The van der Waals surface area contributed by atoms with Crippen molar-refractivity contribution in [3.8, 4) is 0 Å². The predicted octanol–water partition coefficient (Wildman–Crippen LogP) is 2.53. The number of carbonyl (C=O) groups excluding carboxylic acids is 4. The molecule has 0 spiro atoms. The summed E-state index contributed by atoms with van der Waals surface area (Å²) in [7, 11) is 0. The fraction of sp³-hybridized carbons (Fsp3) is 0.263. The number of fused-ring (bicyclic) bond motifs is 1. The summed E-state index contributed by atoms with van der Waals surface area (Å²) in [4.78, 5) is 50.9. The van der Waals surface area contributed by atoms with E-state index in [0.717, 1.165) is 0 Å². The van der Waals surface area contributed by atoms with Crippen molar-refractivity contribution < 1.29 is 28.7 Å². The van der Waals surface area contributed by atoms with Crippen LogP contribution in [-0.4, -0.2) is 51.3 Å². The topological polar surface area (TPSA) is 102 Å². The molecule has 2 heterocycles. The largest absolute Gasteiger partial charge is 0.461 e. The van der Waals surface area contributed by atoms with Crippen molar-refractivity contribution in [2.75, 3.05) is 11.2 Å². The molecule has 1 unspecified atom stereocenters. The monoisotopic (exact) mass is 562 g/mol. The van der Waals surface area contributed by atoms with E-state index in [4.69, 9.17) is 21.1 Å². The molecule has 158 valence electrons. The first kappa shape index (κ1) is 22.6. The third kappa shape index (κ3) is 4.49. The summed E-state index contributed by atoms with van der Waals surface area (Å²) in [6.45, 7) is 0.986. The molecule has 0 aliphatic carbocycles. The molecule has 0 radical (unpaired) electrons. The summed E-state index contributed by atoms with van der Waals surface area (Å²) in [6.07, 6.45) is 0. The van der Waals surface area contributed by atoms with E-state index in [1.807, 2.05) is 22.6 Å². The van der Waals surface area contributed by atoms with Crippen molar-refractivity contribution in [1.82, 2.24) is 10.2 Å². The molecular formula is C19H16ClIN2O6S. The van der Waals surface area contributed by atoms with Crippen LogP contribution >= 0.6 is 46.0 Å². The van der Waals surface area contributed by atoms with Crippen molar-refractivity contribution >= 4 is 69.7 Å². The Labute approximate surface area is 195 Å². The second-order valence-corrected chi connectivity index (χ2v) is 8.16. The third-order valence-corrected chi connectivity index (χ3v) is 6.34. The highest BCUT2D eigenvalue weighted by atomic mass is 127. The Bertz CT molecular complexity index is 952. The van der Waals surface area contributed by atoms with Gasteiger partial charge in [-0.2, -0.15) is 0 Å². The number of esters is 2. The van der Waals surface area contributed by atoms with Gasteiger partial charge in [-0.1, -0.05) is 41.6 Å². The molecular weight excluding hydrogens is 547 g/mol. The van der Waals surface area contributed by atoms with Gasteiger partial charge in [0.05, 0.1) is 0 Å². The van der Waals surface area contributed by atoms with E-state index in [-0.39, 0.29) is 22.5 Å². The zero-order chi connectivity index (χ0) is 21.8. The minimum absolute atomic E-state index is 0.0428. The smallest absolute Gasteiger partial charge is 0.356 e. The Morgan fingerprint density at radius 1 is 1.27 bits per heavy atom. The molecule has 1 aromatic carbocycles. The lowest BCUT2D eigenvalue weighted by Crippen LogP contribution is -2.70. The van der Waals surface area contributed by atoms with Gasteiger partial charge in [-0.3, -0.25) is 19.3 Å². The number of ether oxygens (including phenoxy) is 2. The molecule has 0 bridgehead atoms. The zero-order valence-electron chi connectivity index (χ0n) is 15.6. The van der Waals surface area contributed by atoms with E-state index in [1.165, 1.54) is 29.1 Å². The van der Waals surface area contributed by atoms with E-state index in [0.29, 0.717) is 10.5 Å². The summed E-state index contributed by atoms with van der Waals surface area (Å²) in [6, 6.07) is 7.63. The number of alkyl halides is 1. The molecule has 1 fully saturated rings. The highest BCUT2D eigenvalue weighted by molar-refractivity contribution is 14.1. The van der Waals surface area contributed by atoms with Crippen LogP contribution in [0.25, 0.3) is 0 Å². The van der Waals surface area contributed by atoms with E-state index in [9.17, 15) is 19.2 Å². The van der Waals surface area contributed by atoms with E-state index in [1.54, 1.807) is 30.3 Å². The zero-order valence-corrected chi connectivity index (χ0v) is 19.3. The number of benzene rings is 1. The summed E-state index contributed by atoms with van der Waals surface area (Å²) in [5, 5.41) is 2.11. The predicted molar refractivity (Wildman–Crippen MR) is 118 cm³/mol. The molecule has 2 aliphatic rings. The molecule has 1 N–H and O–H groups in total. The number of rotatable bonds is 6. The molecule has 11 heteroatoms. The number of nitrogens with one attached hydrogen (secondary N) is 1. The minimum atomic E-state index is -0.855.